The molecule has 3 rings (SSSR count). The fourth-order valence-corrected chi connectivity index (χ4v) is 4.58. The molecule has 20 heavy (non-hydrogen) atoms. The minimum Gasteiger partial charge on any atom is -0.465 e. The zero-order valence-corrected chi connectivity index (χ0v) is 11.9. The van der Waals surface area contributed by atoms with Crippen LogP contribution in [-0.2, 0) is 19.4 Å². The fraction of sp³-hybridized carbons (Fsp3) is 0.357. The highest BCUT2D eigenvalue weighted by Gasteiger charge is 2.41. The molecule has 0 atom stereocenters. The van der Waals surface area contributed by atoms with E-state index >= 15 is 0 Å². The number of benzene rings is 1. The highest BCUT2D eigenvalue weighted by Crippen LogP contribution is 2.42. The van der Waals surface area contributed by atoms with Crippen LogP contribution in [-0.4, -0.2) is 28.0 Å². The Hall–Kier alpha value is -1.82. The molecular weight excluding hydrogens is 278 g/mol. The topological polar surface area (TPSA) is 63.7 Å². The predicted octanol–water partition coefficient (Wildman–Crippen LogP) is 1.85. The second kappa shape index (κ2) is 4.63. The van der Waals surface area contributed by atoms with Crippen molar-refractivity contribution in [2.24, 2.45) is 0 Å². The maximum atomic E-state index is 12.7. The number of carbonyl (C=O) groups excluding carboxylic acids is 1. The highest BCUT2D eigenvalue weighted by molar-refractivity contribution is 7.96. The van der Waals surface area contributed by atoms with Gasteiger partial charge in [-0.3, -0.25) is 0 Å². The van der Waals surface area contributed by atoms with Crippen molar-refractivity contribution in [2.75, 3.05) is 18.6 Å². The van der Waals surface area contributed by atoms with Crippen molar-refractivity contribution in [2.45, 2.75) is 24.2 Å². The summed E-state index contributed by atoms with van der Waals surface area (Å²) in [4.78, 5) is 13.9. The van der Waals surface area contributed by atoms with Gasteiger partial charge < -0.3 is 9.64 Å². The lowest BCUT2D eigenvalue weighted by atomic mass is 10.1. The first-order valence-corrected chi connectivity index (χ1v) is 7.99. The van der Waals surface area contributed by atoms with Crippen LogP contribution in [0.1, 0.15) is 19.3 Å². The number of carbonyl (C=O) groups is 1. The molecule has 0 N–H and O–H groups in total. The lowest BCUT2D eigenvalue weighted by Crippen LogP contribution is -2.37. The number of esters is 1. The van der Waals surface area contributed by atoms with E-state index in [4.69, 9.17) is 0 Å². The molecule has 0 aliphatic carbocycles. The molecule has 5 nitrogen and oxygen atoms in total. The Morgan fingerprint density at radius 3 is 2.75 bits per heavy atom. The number of para-hydroxylation sites is 1. The summed E-state index contributed by atoms with van der Waals surface area (Å²) in [6.07, 6.45) is 2.44. The minimum absolute atomic E-state index is 0.186. The molecular formula is C14H15NO4S. The average molecular weight is 293 g/mol. The quantitative estimate of drug-likeness (QED) is 0.739. The van der Waals surface area contributed by atoms with Crippen molar-refractivity contribution < 1.29 is 17.9 Å². The van der Waals surface area contributed by atoms with Crippen LogP contribution < -0.4 is 4.90 Å². The molecule has 1 aromatic carbocycles. The molecule has 1 fully saturated rings. The van der Waals surface area contributed by atoms with E-state index in [1.54, 1.807) is 18.2 Å². The Balaban J connectivity index is 2.31. The van der Waals surface area contributed by atoms with Gasteiger partial charge in [0.1, 0.15) is 0 Å². The molecule has 2 heterocycles. The molecule has 1 aromatic rings. The number of methoxy groups -OCH3 is 1. The Kier molecular flexibility index (Phi) is 3.05. The summed E-state index contributed by atoms with van der Waals surface area (Å²) >= 11 is 0. The summed E-state index contributed by atoms with van der Waals surface area (Å²) < 4.78 is 30.0. The first-order valence-electron chi connectivity index (χ1n) is 6.50. The molecule has 0 saturated carbocycles. The van der Waals surface area contributed by atoms with E-state index in [1.165, 1.54) is 7.11 Å². The van der Waals surface area contributed by atoms with Gasteiger partial charge in [0, 0.05) is 12.2 Å². The number of hydrogen-bond acceptors (Lipinski definition) is 5. The van der Waals surface area contributed by atoms with Crippen molar-refractivity contribution in [3.05, 3.63) is 34.9 Å². The third-order valence-corrected chi connectivity index (χ3v) is 5.58. The minimum atomic E-state index is -3.80. The normalized spacial score (nSPS) is 20.1. The molecule has 2 aliphatic heterocycles. The smallest absolute Gasteiger partial charge is 0.351 e. The predicted molar refractivity (Wildman–Crippen MR) is 73.9 cm³/mol. The maximum Gasteiger partial charge on any atom is 0.351 e. The molecule has 0 bridgehead atoms. The molecule has 0 radical (unpaired) electrons. The summed E-state index contributed by atoms with van der Waals surface area (Å²) in [5.74, 6) is -0.776. The van der Waals surface area contributed by atoms with Gasteiger partial charge in [-0.15, -0.1) is 0 Å². The summed E-state index contributed by atoms with van der Waals surface area (Å²) in [5, 5.41) is 0. The van der Waals surface area contributed by atoms with Crippen molar-refractivity contribution in [3.8, 4) is 0 Å². The van der Waals surface area contributed by atoms with Gasteiger partial charge in [0.2, 0.25) is 9.84 Å². The number of nitrogens with zero attached hydrogens (tertiary/aromatic N) is 1. The van der Waals surface area contributed by atoms with Gasteiger partial charge in [0.05, 0.1) is 17.7 Å². The Morgan fingerprint density at radius 1 is 1.25 bits per heavy atom. The van der Waals surface area contributed by atoms with Gasteiger partial charge in [-0.05, 0) is 31.4 Å². The van der Waals surface area contributed by atoms with Gasteiger partial charge in [-0.1, -0.05) is 12.1 Å². The van der Waals surface area contributed by atoms with Crippen LogP contribution in [0.2, 0.25) is 0 Å². The van der Waals surface area contributed by atoms with Gasteiger partial charge in [-0.25, -0.2) is 13.2 Å². The van der Waals surface area contributed by atoms with Crippen LogP contribution in [0.4, 0.5) is 5.69 Å². The van der Waals surface area contributed by atoms with Crippen LogP contribution in [0.15, 0.2) is 39.8 Å². The van der Waals surface area contributed by atoms with Gasteiger partial charge >= 0.3 is 5.97 Å². The molecule has 2 aliphatic rings. The van der Waals surface area contributed by atoms with E-state index in [0.717, 1.165) is 19.4 Å². The van der Waals surface area contributed by atoms with Crippen LogP contribution in [0.3, 0.4) is 0 Å². The molecule has 0 amide bonds. The second-order valence-corrected chi connectivity index (χ2v) is 6.70. The average Bonchev–Trinajstić information content (AvgIpc) is 2.47. The number of fused-ring (bicyclic) bond motifs is 3. The summed E-state index contributed by atoms with van der Waals surface area (Å²) in [6, 6.07) is 6.80. The van der Waals surface area contributed by atoms with Gasteiger partial charge in [-0.2, -0.15) is 0 Å². The summed E-state index contributed by atoms with van der Waals surface area (Å²) in [5.41, 5.74) is 1.23. The number of allylic oxidation sites excluding steroid dienone is 1. The number of ether oxygens (including phenoxy) is 1. The van der Waals surface area contributed by atoms with E-state index < -0.39 is 15.8 Å². The summed E-state index contributed by atoms with van der Waals surface area (Å²) in [6.45, 7) is 0.725. The summed E-state index contributed by atoms with van der Waals surface area (Å²) in [7, 11) is -2.59. The molecule has 0 aromatic heterocycles. The van der Waals surface area contributed by atoms with E-state index in [1.807, 2.05) is 11.0 Å². The number of anilines is 1. The van der Waals surface area contributed by atoms with E-state index in [2.05, 4.69) is 4.74 Å². The van der Waals surface area contributed by atoms with E-state index in [-0.39, 0.29) is 9.80 Å². The lowest BCUT2D eigenvalue weighted by Gasteiger charge is -2.37. The molecule has 106 valence electrons. The number of piperidine rings is 1. The van der Waals surface area contributed by atoms with Gasteiger partial charge in [0.15, 0.2) is 4.91 Å². The molecule has 0 unspecified atom stereocenters. The number of hydrogen-bond donors (Lipinski definition) is 0. The standard InChI is InChI=1S/C14H15NO4S/c1-19-14(16)13-11-7-4-5-9-15(11)10-6-2-3-8-12(10)20(13,17)18/h2-3,6,8H,4-5,7,9H2,1H3. The monoisotopic (exact) mass is 293 g/mol. The lowest BCUT2D eigenvalue weighted by molar-refractivity contribution is -0.135. The maximum absolute atomic E-state index is 12.7. The molecule has 0 spiro atoms. The van der Waals surface area contributed by atoms with Gasteiger partial charge in [0.25, 0.3) is 0 Å². The number of sulfone groups is 1. The second-order valence-electron chi connectivity index (χ2n) is 4.85. The molecule has 1 saturated heterocycles. The van der Waals surface area contributed by atoms with Crippen LogP contribution in [0.5, 0.6) is 0 Å². The van der Waals surface area contributed by atoms with E-state index in [9.17, 15) is 13.2 Å². The third kappa shape index (κ3) is 1.75. The third-order valence-electron chi connectivity index (χ3n) is 3.72. The molecule has 6 heteroatoms. The van der Waals surface area contributed by atoms with Crippen molar-refractivity contribution in [3.63, 3.8) is 0 Å². The highest BCUT2D eigenvalue weighted by atomic mass is 32.2. The van der Waals surface area contributed by atoms with Crippen LogP contribution in [0.25, 0.3) is 0 Å². The van der Waals surface area contributed by atoms with Crippen molar-refractivity contribution in [1.29, 1.82) is 0 Å². The fourth-order valence-electron chi connectivity index (χ4n) is 2.83. The first kappa shape index (κ1) is 13.2. The van der Waals surface area contributed by atoms with Crippen molar-refractivity contribution >= 4 is 21.5 Å². The number of rotatable bonds is 1. The van der Waals surface area contributed by atoms with Crippen LogP contribution in [0, 0.1) is 0 Å². The Labute approximate surface area is 117 Å². The van der Waals surface area contributed by atoms with Crippen LogP contribution >= 0.6 is 0 Å². The first-order chi connectivity index (χ1) is 9.57. The van der Waals surface area contributed by atoms with Crippen molar-refractivity contribution in [1.82, 2.24) is 0 Å². The zero-order valence-electron chi connectivity index (χ0n) is 11.1. The Morgan fingerprint density at radius 2 is 2.00 bits per heavy atom. The SMILES string of the molecule is COC(=O)C1=C2CCCCN2c2ccccc2S1(=O)=O. The Bertz CT molecular complexity index is 706. The zero-order chi connectivity index (χ0) is 14.3. The largest absolute Gasteiger partial charge is 0.465 e. The van der Waals surface area contributed by atoms with E-state index in [0.29, 0.717) is 17.8 Å².